The normalized spacial score (nSPS) is 20.2. The highest BCUT2D eigenvalue weighted by molar-refractivity contribution is 5.90. The zero-order valence-corrected chi connectivity index (χ0v) is 14.0. The van der Waals surface area contributed by atoms with Crippen molar-refractivity contribution in [3.05, 3.63) is 40.3 Å². The van der Waals surface area contributed by atoms with Crippen molar-refractivity contribution in [2.75, 3.05) is 13.7 Å². The number of aryl methyl sites for hydroxylation is 1. The minimum Gasteiger partial charge on any atom is -0.480 e. The lowest BCUT2D eigenvalue weighted by Crippen LogP contribution is -2.41. The summed E-state index contributed by atoms with van der Waals surface area (Å²) in [6.07, 6.45) is -0.108. The van der Waals surface area contributed by atoms with Crippen LogP contribution in [0.2, 0.25) is 0 Å². The Bertz CT molecular complexity index is 891. The lowest BCUT2D eigenvalue weighted by molar-refractivity contribution is -0.148. The van der Waals surface area contributed by atoms with Crippen molar-refractivity contribution < 1.29 is 19.4 Å². The molecule has 2 aromatic rings. The van der Waals surface area contributed by atoms with Gasteiger partial charge in [-0.1, -0.05) is 18.2 Å². The Morgan fingerprint density at radius 2 is 2.00 bits per heavy atom. The van der Waals surface area contributed by atoms with E-state index in [1.807, 2.05) is 0 Å². The fraction of sp³-hybridized carbons (Fsp3) is 0.412. The Hall–Kier alpha value is -2.74. The van der Waals surface area contributed by atoms with Crippen molar-refractivity contribution in [2.24, 2.45) is 7.05 Å². The molecule has 1 amide bonds. The van der Waals surface area contributed by atoms with Crippen LogP contribution in [0.15, 0.2) is 29.1 Å². The second-order valence-electron chi connectivity index (χ2n) is 6.09. The second kappa shape index (κ2) is 6.64. The number of hydrogen-bond donors (Lipinski definition) is 1. The quantitative estimate of drug-likeness (QED) is 0.848. The monoisotopic (exact) mass is 345 g/mol. The summed E-state index contributed by atoms with van der Waals surface area (Å²) in [5, 5.41) is 14.6. The number of rotatable bonds is 4. The first-order valence-corrected chi connectivity index (χ1v) is 7.92. The van der Waals surface area contributed by atoms with E-state index >= 15 is 0 Å². The van der Waals surface area contributed by atoms with Crippen molar-refractivity contribution >= 4 is 22.6 Å². The van der Waals surface area contributed by atoms with Crippen molar-refractivity contribution in [1.82, 2.24) is 14.7 Å². The van der Waals surface area contributed by atoms with Gasteiger partial charge in [-0.3, -0.25) is 9.59 Å². The number of carboxylic acids is 1. The zero-order chi connectivity index (χ0) is 18.1. The second-order valence-corrected chi connectivity index (χ2v) is 6.09. The molecule has 132 valence electrons. The Kier molecular flexibility index (Phi) is 4.54. The van der Waals surface area contributed by atoms with Gasteiger partial charge in [-0.05, 0) is 6.07 Å². The largest absolute Gasteiger partial charge is 0.480 e. The van der Waals surface area contributed by atoms with Crippen LogP contribution in [0.5, 0.6) is 0 Å². The van der Waals surface area contributed by atoms with Gasteiger partial charge in [0.1, 0.15) is 6.04 Å². The maximum Gasteiger partial charge on any atom is 0.326 e. The molecule has 0 saturated carbocycles. The number of carbonyl (C=O) groups is 2. The van der Waals surface area contributed by atoms with Crippen LogP contribution in [0, 0.1) is 0 Å². The first-order chi connectivity index (χ1) is 11.9. The van der Waals surface area contributed by atoms with Gasteiger partial charge in [0.15, 0.2) is 0 Å². The summed E-state index contributed by atoms with van der Waals surface area (Å²) in [5.41, 5.74) is 0.212. The maximum absolute atomic E-state index is 12.7. The molecule has 1 aliphatic rings. The van der Waals surface area contributed by atoms with Gasteiger partial charge in [-0.15, -0.1) is 0 Å². The van der Waals surface area contributed by atoms with Crippen molar-refractivity contribution in [2.45, 2.75) is 25.0 Å². The smallest absolute Gasteiger partial charge is 0.326 e. The molecule has 0 bridgehead atoms. The molecule has 1 aliphatic heterocycles. The summed E-state index contributed by atoms with van der Waals surface area (Å²) in [4.78, 5) is 37.6. The van der Waals surface area contributed by atoms with E-state index < -0.39 is 12.0 Å². The lowest BCUT2D eigenvalue weighted by Gasteiger charge is -2.21. The number of benzene rings is 1. The molecule has 2 heterocycles. The van der Waals surface area contributed by atoms with Crippen LogP contribution < -0.4 is 5.56 Å². The van der Waals surface area contributed by atoms with Crippen LogP contribution >= 0.6 is 0 Å². The first-order valence-electron chi connectivity index (χ1n) is 7.92. The maximum atomic E-state index is 12.7. The van der Waals surface area contributed by atoms with E-state index in [9.17, 15) is 19.5 Å². The van der Waals surface area contributed by atoms with E-state index in [1.165, 1.54) is 23.7 Å². The van der Waals surface area contributed by atoms with E-state index in [1.54, 1.807) is 24.3 Å². The van der Waals surface area contributed by atoms with E-state index in [4.69, 9.17) is 4.74 Å². The summed E-state index contributed by atoms with van der Waals surface area (Å²) in [5.74, 6) is -1.39. The molecule has 0 radical (unpaired) electrons. The molecule has 1 N–H and O–H groups in total. The topological polar surface area (TPSA) is 102 Å². The summed E-state index contributed by atoms with van der Waals surface area (Å²) < 4.78 is 6.40. The molecule has 0 aliphatic carbocycles. The van der Waals surface area contributed by atoms with E-state index in [2.05, 4.69) is 5.10 Å². The number of ether oxygens (including phenoxy) is 1. The number of carbonyl (C=O) groups excluding carboxylic acids is 1. The number of fused-ring (bicyclic) bond motifs is 1. The SMILES string of the molecule is COC1CC(C(=O)O)N(C(=O)Cc2nn(C)c(=O)c3ccccc23)C1. The average molecular weight is 345 g/mol. The number of aromatic nitrogens is 2. The van der Waals surface area contributed by atoms with Gasteiger partial charge in [-0.25, -0.2) is 9.48 Å². The minimum absolute atomic E-state index is 0.0746. The molecule has 8 heteroatoms. The molecule has 2 atom stereocenters. The fourth-order valence-electron chi connectivity index (χ4n) is 3.23. The number of hydrogen-bond acceptors (Lipinski definition) is 5. The van der Waals surface area contributed by atoms with Gasteiger partial charge >= 0.3 is 5.97 Å². The number of carboxylic acid groups (broad SMARTS) is 1. The summed E-state index contributed by atoms with van der Waals surface area (Å²) in [6.45, 7) is 0.232. The summed E-state index contributed by atoms with van der Waals surface area (Å²) in [7, 11) is 3.03. The third-order valence-corrected chi connectivity index (χ3v) is 4.55. The molecule has 1 aromatic carbocycles. The number of amides is 1. The highest BCUT2D eigenvalue weighted by Crippen LogP contribution is 2.22. The molecular weight excluding hydrogens is 326 g/mol. The Labute approximate surface area is 143 Å². The predicted molar refractivity (Wildman–Crippen MR) is 89.2 cm³/mol. The summed E-state index contributed by atoms with van der Waals surface area (Å²) in [6, 6.07) is 6.04. The van der Waals surface area contributed by atoms with E-state index in [0.29, 0.717) is 16.5 Å². The average Bonchev–Trinajstić information content (AvgIpc) is 3.04. The highest BCUT2D eigenvalue weighted by atomic mass is 16.5. The third kappa shape index (κ3) is 3.12. The molecule has 1 saturated heterocycles. The number of aliphatic carboxylic acids is 1. The molecule has 1 aromatic heterocycles. The van der Waals surface area contributed by atoms with Crippen LogP contribution in [0.3, 0.4) is 0 Å². The predicted octanol–water partition coefficient (Wildman–Crippen LogP) is 0.177. The van der Waals surface area contributed by atoms with Crippen LogP contribution in [-0.2, 0) is 27.8 Å². The van der Waals surface area contributed by atoms with Gasteiger partial charge in [0.2, 0.25) is 5.91 Å². The van der Waals surface area contributed by atoms with Gasteiger partial charge in [0, 0.05) is 32.5 Å². The fourth-order valence-corrected chi connectivity index (χ4v) is 3.23. The number of methoxy groups -OCH3 is 1. The van der Waals surface area contributed by atoms with E-state index in [0.717, 1.165) is 0 Å². The van der Waals surface area contributed by atoms with Gasteiger partial charge in [-0.2, -0.15) is 5.10 Å². The minimum atomic E-state index is -1.05. The molecule has 3 rings (SSSR count). The van der Waals surface area contributed by atoms with Crippen molar-refractivity contribution in [3.8, 4) is 0 Å². The van der Waals surface area contributed by atoms with Crippen LogP contribution in [0.25, 0.3) is 10.8 Å². The van der Waals surface area contributed by atoms with E-state index in [-0.39, 0.29) is 37.0 Å². The highest BCUT2D eigenvalue weighted by Gasteiger charge is 2.39. The molecule has 8 nitrogen and oxygen atoms in total. The Morgan fingerprint density at radius 1 is 1.32 bits per heavy atom. The zero-order valence-electron chi connectivity index (χ0n) is 14.0. The first kappa shape index (κ1) is 17.1. The van der Waals surface area contributed by atoms with Crippen LogP contribution in [-0.4, -0.2) is 57.5 Å². The molecule has 25 heavy (non-hydrogen) atoms. The Balaban J connectivity index is 1.93. The molecular formula is C17H19N3O5. The van der Waals surface area contributed by atoms with Gasteiger partial charge < -0.3 is 14.7 Å². The van der Waals surface area contributed by atoms with Crippen LogP contribution in [0.4, 0.5) is 0 Å². The van der Waals surface area contributed by atoms with Gasteiger partial charge in [0.05, 0.1) is 23.6 Å². The third-order valence-electron chi connectivity index (χ3n) is 4.55. The summed E-state index contributed by atoms with van der Waals surface area (Å²) >= 11 is 0. The van der Waals surface area contributed by atoms with Crippen molar-refractivity contribution in [1.29, 1.82) is 0 Å². The van der Waals surface area contributed by atoms with Gasteiger partial charge in [0.25, 0.3) is 5.56 Å². The number of nitrogens with zero attached hydrogens (tertiary/aromatic N) is 3. The van der Waals surface area contributed by atoms with Crippen LogP contribution in [0.1, 0.15) is 12.1 Å². The molecule has 0 spiro atoms. The molecule has 1 fully saturated rings. The van der Waals surface area contributed by atoms with Crippen molar-refractivity contribution in [3.63, 3.8) is 0 Å². The standard InChI is InChI=1S/C17H19N3O5/c1-19-16(22)12-6-4-3-5-11(12)13(18-19)8-15(21)20-9-10(25-2)7-14(20)17(23)24/h3-6,10,14H,7-9H2,1-2H3,(H,23,24). The molecule has 2 unspecified atom stereocenters. The lowest BCUT2D eigenvalue weighted by atomic mass is 10.1. The number of likely N-dealkylation sites (tertiary alicyclic amines) is 1. The Morgan fingerprint density at radius 3 is 2.64 bits per heavy atom.